The fourth-order valence-electron chi connectivity index (χ4n) is 1.80. The molecule has 1 heterocycles. The van der Waals surface area contributed by atoms with Crippen LogP contribution in [0.5, 0.6) is 0 Å². The number of anilines is 1. The van der Waals surface area contributed by atoms with Crippen molar-refractivity contribution in [3.8, 4) is 0 Å². The SMILES string of the molecule is CN(C)c1ccc(/C=C/C=C/C2=N[C@@H](C(=O)O)CS2)cc1.Cl. The Morgan fingerprint density at radius 1 is 1.27 bits per heavy atom. The molecule has 4 nitrogen and oxygen atoms in total. The van der Waals surface area contributed by atoms with Gasteiger partial charge in [-0.2, -0.15) is 0 Å². The quantitative estimate of drug-likeness (QED) is 0.837. The molecule has 1 aliphatic heterocycles. The molecule has 1 N–H and O–H groups in total. The molecule has 1 aromatic rings. The molecule has 0 spiro atoms. The van der Waals surface area contributed by atoms with E-state index in [4.69, 9.17) is 5.11 Å². The van der Waals surface area contributed by atoms with Gasteiger partial charge in [-0.05, 0) is 23.8 Å². The maximum Gasteiger partial charge on any atom is 0.329 e. The number of halogens is 1. The van der Waals surface area contributed by atoms with Gasteiger partial charge in [0.25, 0.3) is 0 Å². The molecule has 1 aliphatic rings. The Balaban J connectivity index is 0.00000242. The van der Waals surface area contributed by atoms with Gasteiger partial charge in [0, 0.05) is 25.5 Å². The first-order chi connectivity index (χ1) is 10.1. The van der Waals surface area contributed by atoms with E-state index >= 15 is 0 Å². The van der Waals surface area contributed by atoms with Gasteiger partial charge in [-0.15, -0.1) is 24.2 Å². The lowest BCUT2D eigenvalue weighted by molar-refractivity contribution is -0.137. The summed E-state index contributed by atoms with van der Waals surface area (Å²) in [6.45, 7) is 0. The van der Waals surface area contributed by atoms with Gasteiger partial charge < -0.3 is 10.0 Å². The fraction of sp³-hybridized carbons (Fsp3) is 0.250. The van der Waals surface area contributed by atoms with Crippen LogP contribution in [0.1, 0.15) is 5.56 Å². The molecular weight excluding hydrogens is 320 g/mol. The third kappa shape index (κ3) is 5.24. The second kappa shape index (κ2) is 8.66. The zero-order chi connectivity index (χ0) is 15.2. The first kappa shape index (κ1) is 18.3. The Bertz CT molecular complexity index is 595. The third-order valence-electron chi connectivity index (χ3n) is 3.01. The van der Waals surface area contributed by atoms with Crippen molar-refractivity contribution in [3.05, 3.63) is 48.1 Å². The van der Waals surface area contributed by atoms with E-state index in [1.807, 2.05) is 38.4 Å². The van der Waals surface area contributed by atoms with Gasteiger partial charge in [0.2, 0.25) is 0 Å². The number of hydrogen-bond donors (Lipinski definition) is 1. The average molecular weight is 339 g/mol. The number of hydrogen-bond acceptors (Lipinski definition) is 4. The van der Waals surface area contributed by atoms with E-state index in [0.29, 0.717) is 5.75 Å². The summed E-state index contributed by atoms with van der Waals surface area (Å²) in [5, 5.41) is 9.62. The standard InChI is InChI=1S/C16H18N2O2S.ClH/c1-18(2)13-9-7-12(8-10-13)5-3-4-6-15-17-14(11-21-15)16(19)20;/h3-10,14H,11H2,1-2H3,(H,19,20);1H/b5-3+,6-4+;/t14-;/m1./s1. The predicted octanol–water partition coefficient (Wildman–Crippen LogP) is 3.34. The Morgan fingerprint density at radius 2 is 1.91 bits per heavy atom. The van der Waals surface area contributed by atoms with Crippen LogP contribution < -0.4 is 4.90 Å². The molecule has 1 atom stereocenters. The minimum atomic E-state index is -0.859. The van der Waals surface area contributed by atoms with Crippen LogP contribution in [-0.2, 0) is 4.79 Å². The third-order valence-corrected chi connectivity index (χ3v) is 4.02. The molecule has 0 amide bonds. The second-order valence-electron chi connectivity index (χ2n) is 4.84. The molecule has 0 radical (unpaired) electrons. The summed E-state index contributed by atoms with van der Waals surface area (Å²) in [4.78, 5) is 16.9. The van der Waals surface area contributed by atoms with Crippen molar-refractivity contribution in [1.82, 2.24) is 0 Å². The number of thioether (sulfide) groups is 1. The molecule has 0 aromatic heterocycles. The van der Waals surface area contributed by atoms with E-state index in [1.54, 1.807) is 0 Å². The van der Waals surface area contributed by atoms with Gasteiger partial charge in [-0.1, -0.05) is 30.4 Å². The molecule has 0 bridgehead atoms. The van der Waals surface area contributed by atoms with E-state index in [9.17, 15) is 4.79 Å². The first-order valence-corrected chi connectivity index (χ1v) is 7.60. The Labute approximate surface area is 141 Å². The summed E-state index contributed by atoms with van der Waals surface area (Å²) in [5.74, 6) is -0.340. The van der Waals surface area contributed by atoms with Crippen molar-refractivity contribution in [3.63, 3.8) is 0 Å². The second-order valence-corrected chi connectivity index (χ2v) is 5.88. The Morgan fingerprint density at radius 3 is 2.45 bits per heavy atom. The van der Waals surface area contributed by atoms with Crippen LogP contribution in [0.15, 0.2) is 47.5 Å². The van der Waals surface area contributed by atoms with Crippen LogP contribution in [0.3, 0.4) is 0 Å². The van der Waals surface area contributed by atoms with Gasteiger partial charge in [0.05, 0.1) is 5.04 Å². The number of nitrogens with zero attached hydrogens (tertiary/aromatic N) is 2. The van der Waals surface area contributed by atoms with Crippen LogP contribution in [0, 0.1) is 0 Å². The van der Waals surface area contributed by atoms with Crippen molar-refractivity contribution in [2.45, 2.75) is 6.04 Å². The maximum absolute atomic E-state index is 10.8. The van der Waals surface area contributed by atoms with Gasteiger partial charge in [-0.25, -0.2) is 4.79 Å². The van der Waals surface area contributed by atoms with Crippen molar-refractivity contribution in [2.75, 3.05) is 24.7 Å². The number of aliphatic carboxylic acids is 1. The summed E-state index contributed by atoms with van der Waals surface area (Å²) in [7, 11) is 4.02. The molecule has 22 heavy (non-hydrogen) atoms. The summed E-state index contributed by atoms with van der Waals surface area (Å²) in [6.07, 6.45) is 7.67. The van der Waals surface area contributed by atoms with Crippen molar-refractivity contribution in [2.24, 2.45) is 4.99 Å². The van der Waals surface area contributed by atoms with Crippen LogP contribution >= 0.6 is 24.2 Å². The summed E-state index contributed by atoms with van der Waals surface area (Å²) in [5.41, 5.74) is 2.29. The van der Waals surface area contributed by atoms with Gasteiger partial charge in [0.15, 0.2) is 6.04 Å². The first-order valence-electron chi connectivity index (χ1n) is 6.62. The van der Waals surface area contributed by atoms with Crippen LogP contribution in [0.4, 0.5) is 5.69 Å². The average Bonchev–Trinajstić information content (AvgIpc) is 2.93. The van der Waals surface area contributed by atoms with Crippen molar-refractivity contribution >= 4 is 46.9 Å². The monoisotopic (exact) mass is 338 g/mol. The Kier molecular flexibility index (Phi) is 7.21. The molecule has 6 heteroatoms. The number of benzene rings is 1. The smallest absolute Gasteiger partial charge is 0.329 e. The van der Waals surface area contributed by atoms with E-state index < -0.39 is 12.0 Å². The molecule has 118 valence electrons. The maximum atomic E-state index is 10.8. The van der Waals surface area contributed by atoms with Crippen LogP contribution in [0.2, 0.25) is 0 Å². The molecule has 1 aromatic carbocycles. The molecule has 2 rings (SSSR count). The van der Waals surface area contributed by atoms with Gasteiger partial charge >= 0.3 is 5.97 Å². The van der Waals surface area contributed by atoms with E-state index in [2.05, 4.69) is 34.2 Å². The molecule has 0 aliphatic carbocycles. The summed E-state index contributed by atoms with van der Waals surface area (Å²) in [6, 6.07) is 7.65. The van der Waals surface area contributed by atoms with Crippen LogP contribution in [-0.4, -0.2) is 42.0 Å². The minimum absolute atomic E-state index is 0. The molecule has 0 unspecified atom stereocenters. The highest BCUT2D eigenvalue weighted by Crippen LogP contribution is 2.19. The summed E-state index contributed by atoms with van der Waals surface area (Å²) >= 11 is 1.47. The molecular formula is C16H19ClN2O2S. The predicted molar refractivity (Wildman–Crippen MR) is 97.5 cm³/mol. The molecule has 0 saturated heterocycles. The van der Waals surface area contributed by atoms with E-state index in [-0.39, 0.29) is 12.4 Å². The fourth-order valence-corrected chi connectivity index (χ4v) is 2.72. The van der Waals surface area contributed by atoms with Crippen molar-refractivity contribution in [1.29, 1.82) is 0 Å². The number of carboxylic acid groups (broad SMARTS) is 1. The summed E-state index contributed by atoms with van der Waals surface area (Å²) < 4.78 is 0. The number of carbonyl (C=O) groups is 1. The van der Waals surface area contributed by atoms with Gasteiger partial charge in [-0.3, -0.25) is 4.99 Å². The lowest BCUT2D eigenvalue weighted by Gasteiger charge is -2.11. The highest BCUT2D eigenvalue weighted by Gasteiger charge is 2.22. The highest BCUT2D eigenvalue weighted by atomic mass is 35.5. The number of rotatable bonds is 5. The lowest BCUT2D eigenvalue weighted by atomic mass is 10.2. The molecule has 0 fully saturated rings. The lowest BCUT2D eigenvalue weighted by Crippen LogP contribution is -2.16. The zero-order valence-corrected chi connectivity index (χ0v) is 14.1. The zero-order valence-electron chi connectivity index (χ0n) is 12.5. The van der Waals surface area contributed by atoms with Gasteiger partial charge in [0.1, 0.15) is 0 Å². The highest BCUT2D eigenvalue weighted by molar-refractivity contribution is 8.14. The number of carboxylic acids is 1. The minimum Gasteiger partial charge on any atom is -0.480 e. The largest absolute Gasteiger partial charge is 0.480 e. The normalized spacial score (nSPS) is 17.5. The number of allylic oxidation sites excluding steroid dienone is 2. The number of aliphatic imine (C=N–C) groups is 1. The molecule has 0 saturated carbocycles. The topological polar surface area (TPSA) is 52.9 Å². The van der Waals surface area contributed by atoms with E-state index in [0.717, 1.165) is 10.6 Å². The Hall–Kier alpha value is -1.72. The van der Waals surface area contributed by atoms with Crippen molar-refractivity contribution < 1.29 is 9.90 Å². The van der Waals surface area contributed by atoms with E-state index in [1.165, 1.54) is 17.4 Å². The van der Waals surface area contributed by atoms with Crippen LogP contribution in [0.25, 0.3) is 6.08 Å².